The lowest BCUT2D eigenvalue weighted by atomic mass is 10.0. The van der Waals surface area contributed by atoms with Crippen molar-refractivity contribution in [3.63, 3.8) is 0 Å². The Morgan fingerprint density at radius 3 is 2.45 bits per heavy atom. The molecule has 29 heavy (non-hydrogen) atoms. The number of halogens is 2. The van der Waals surface area contributed by atoms with Crippen LogP contribution in [-0.4, -0.2) is 29.2 Å². The second-order valence-corrected chi connectivity index (χ2v) is 8.56. The van der Waals surface area contributed by atoms with Crippen LogP contribution in [0.15, 0.2) is 53.7 Å². The third kappa shape index (κ3) is 4.76. The van der Waals surface area contributed by atoms with Gasteiger partial charge in [0.2, 0.25) is 5.91 Å². The maximum Gasteiger partial charge on any atom is 0.226 e. The van der Waals surface area contributed by atoms with Gasteiger partial charge in [-0.15, -0.1) is 0 Å². The van der Waals surface area contributed by atoms with Crippen molar-refractivity contribution in [3.8, 4) is 0 Å². The Labute approximate surface area is 181 Å². The summed E-state index contributed by atoms with van der Waals surface area (Å²) in [5.74, 6) is 0.292. The number of hydrogen-bond donors (Lipinski definition) is 0. The first-order chi connectivity index (χ1) is 14.1. The first kappa shape index (κ1) is 20.2. The van der Waals surface area contributed by atoms with Crippen molar-refractivity contribution in [2.75, 3.05) is 6.54 Å². The minimum Gasteiger partial charge on any atom is -0.390 e. The summed E-state index contributed by atoms with van der Waals surface area (Å²) in [6.07, 6.45) is 4.61. The Balaban J connectivity index is 1.48. The van der Waals surface area contributed by atoms with Gasteiger partial charge < -0.3 is 9.74 Å². The van der Waals surface area contributed by atoms with Crippen molar-refractivity contribution in [3.05, 3.63) is 69.7 Å². The quantitative estimate of drug-likeness (QED) is 0.588. The minimum absolute atomic E-state index is 0.0999. The highest BCUT2D eigenvalue weighted by molar-refractivity contribution is 6.34. The van der Waals surface area contributed by atoms with Crippen LogP contribution >= 0.6 is 23.2 Å². The number of oxime groups is 1. The highest BCUT2D eigenvalue weighted by atomic mass is 35.5. The zero-order valence-electron chi connectivity index (χ0n) is 16.2. The molecule has 1 amide bonds. The molecule has 1 aliphatic carbocycles. The van der Waals surface area contributed by atoms with Crippen molar-refractivity contribution in [2.45, 2.75) is 44.8 Å². The van der Waals surface area contributed by atoms with Crippen LogP contribution in [0, 0.1) is 5.92 Å². The van der Waals surface area contributed by atoms with Gasteiger partial charge in [-0.2, -0.15) is 0 Å². The van der Waals surface area contributed by atoms with Crippen LogP contribution in [0.25, 0.3) is 0 Å². The molecule has 152 valence electrons. The van der Waals surface area contributed by atoms with Gasteiger partial charge in [-0.25, -0.2) is 0 Å². The smallest absolute Gasteiger partial charge is 0.226 e. The second-order valence-electron chi connectivity index (χ2n) is 7.74. The largest absolute Gasteiger partial charge is 0.390 e. The van der Waals surface area contributed by atoms with Gasteiger partial charge in [-0.05, 0) is 30.5 Å². The van der Waals surface area contributed by atoms with Crippen molar-refractivity contribution in [2.24, 2.45) is 11.1 Å². The fourth-order valence-corrected chi connectivity index (χ4v) is 4.56. The molecule has 0 saturated heterocycles. The van der Waals surface area contributed by atoms with E-state index < -0.39 is 0 Å². The normalized spacial score (nSPS) is 19.1. The minimum atomic E-state index is -0.186. The molecule has 0 N–H and O–H groups in total. The van der Waals surface area contributed by atoms with E-state index in [9.17, 15) is 4.79 Å². The van der Waals surface area contributed by atoms with E-state index in [1.165, 1.54) is 0 Å². The fourth-order valence-electron chi connectivity index (χ4n) is 4.12. The predicted octanol–water partition coefficient (Wildman–Crippen LogP) is 5.71. The lowest BCUT2D eigenvalue weighted by Crippen LogP contribution is -2.40. The van der Waals surface area contributed by atoms with Crippen LogP contribution in [-0.2, 0) is 16.2 Å². The van der Waals surface area contributed by atoms with Gasteiger partial charge in [0.15, 0.2) is 6.10 Å². The Hall–Kier alpha value is -2.04. The van der Waals surface area contributed by atoms with Crippen LogP contribution in [0.1, 0.15) is 43.2 Å². The summed E-state index contributed by atoms with van der Waals surface area (Å²) in [6, 6.07) is 15.3. The van der Waals surface area contributed by atoms with E-state index in [0.717, 1.165) is 42.5 Å². The summed E-state index contributed by atoms with van der Waals surface area (Å²) in [5.41, 5.74) is 2.66. The van der Waals surface area contributed by atoms with Gasteiger partial charge in [0, 0.05) is 34.5 Å². The summed E-state index contributed by atoms with van der Waals surface area (Å²) < 4.78 is 0. The number of amides is 1. The number of nitrogens with zero attached hydrogens (tertiary/aromatic N) is 2. The molecule has 1 saturated carbocycles. The molecular weight excluding hydrogens is 407 g/mol. The summed E-state index contributed by atoms with van der Waals surface area (Å²) in [7, 11) is 0. The lowest BCUT2D eigenvalue weighted by Gasteiger charge is -2.28. The lowest BCUT2D eigenvalue weighted by molar-refractivity contribution is -0.137. The van der Waals surface area contributed by atoms with E-state index in [-0.39, 0.29) is 17.9 Å². The van der Waals surface area contributed by atoms with Crippen LogP contribution in [0.3, 0.4) is 0 Å². The third-order valence-corrected chi connectivity index (χ3v) is 6.38. The van der Waals surface area contributed by atoms with E-state index in [2.05, 4.69) is 5.16 Å². The molecule has 2 aliphatic rings. The average Bonchev–Trinajstić information content (AvgIpc) is 3.41. The van der Waals surface area contributed by atoms with Gasteiger partial charge in [-0.1, -0.05) is 77.6 Å². The summed E-state index contributed by atoms with van der Waals surface area (Å²) in [4.78, 5) is 20.8. The number of benzene rings is 2. The molecule has 4 rings (SSSR count). The van der Waals surface area contributed by atoms with E-state index in [0.29, 0.717) is 29.6 Å². The van der Waals surface area contributed by atoms with Crippen LogP contribution < -0.4 is 0 Å². The van der Waals surface area contributed by atoms with Gasteiger partial charge in [0.1, 0.15) is 0 Å². The van der Waals surface area contributed by atoms with E-state index >= 15 is 0 Å². The molecule has 0 bridgehead atoms. The van der Waals surface area contributed by atoms with Crippen LogP contribution in [0.2, 0.25) is 10.0 Å². The monoisotopic (exact) mass is 430 g/mol. The molecule has 2 aromatic carbocycles. The van der Waals surface area contributed by atoms with Crippen molar-refractivity contribution in [1.82, 2.24) is 4.90 Å². The van der Waals surface area contributed by atoms with E-state index in [1.807, 2.05) is 53.4 Å². The Kier molecular flexibility index (Phi) is 6.41. The SMILES string of the molecule is O=C(C1CCCC1)N(Cc1ccccc1Cl)CC1CC(c2ccccc2Cl)=NO1. The van der Waals surface area contributed by atoms with Crippen molar-refractivity contribution < 1.29 is 9.63 Å². The molecular formula is C23H24Cl2N2O2. The van der Waals surface area contributed by atoms with Gasteiger partial charge in [-0.3, -0.25) is 4.79 Å². The first-order valence-corrected chi connectivity index (χ1v) is 10.9. The molecule has 1 atom stereocenters. The molecule has 4 nitrogen and oxygen atoms in total. The molecule has 1 fully saturated rings. The predicted molar refractivity (Wildman–Crippen MR) is 116 cm³/mol. The highest BCUT2D eigenvalue weighted by Gasteiger charge is 2.32. The second kappa shape index (κ2) is 9.19. The van der Waals surface area contributed by atoms with Gasteiger partial charge in [0.05, 0.1) is 12.3 Å². The van der Waals surface area contributed by atoms with Gasteiger partial charge >= 0.3 is 0 Å². The maximum absolute atomic E-state index is 13.2. The third-order valence-electron chi connectivity index (χ3n) is 5.68. The average molecular weight is 431 g/mol. The summed E-state index contributed by atoms with van der Waals surface area (Å²) >= 11 is 12.7. The summed E-state index contributed by atoms with van der Waals surface area (Å²) in [5, 5.41) is 5.59. The molecule has 2 aromatic rings. The highest BCUT2D eigenvalue weighted by Crippen LogP contribution is 2.29. The standard InChI is InChI=1S/C23H24Cl2N2O2/c24-20-11-5-3-9-17(20)14-27(23(28)16-7-1-2-8-16)15-18-13-22(26-29-18)19-10-4-6-12-21(19)25/h3-6,9-12,16,18H,1-2,7-8,13-15H2. The maximum atomic E-state index is 13.2. The number of rotatable bonds is 6. The number of hydrogen-bond acceptors (Lipinski definition) is 3. The van der Waals surface area contributed by atoms with Crippen LogP contribution in [0.4, 0.5) is 0 Å². The Morgan fingerprint density at radius 1 is 1.03 bits per heavy atom. The molecule has 0 spiro atoms. The van der Waals surface area contributed by atoms with Gasteiger partial charge in [0.25, 0.3) is 0 Å². The Bertz CT molecular complexity index is 909. The zero-order chi connectivity index (χ0) is 20.2. The van der Waals surface area contributed by atoms with Crippen molar-refractivity contribution >= 4 is 34.8 Å². The first-order valence-electron chi connectivity index (χ1n) is 10.1. The van der Waals surface area contributed by atoms with E-state index in [4.69, 9.17) is 28.0 Å². The van der Waals surface area contributed by atoms with Crippen molar-refractivity contribution in [1.29, 1.82) is 0 Å². The number of carbonyl (C=O) groups excluding carboxylic acids is 1. The molecule has 1 heterocycles. The Morgan fingerprint density at radius 2 is 1.72 bits per heavy atom. The fraction of sp³-hybridized carbons (Fsp3) is 0.391. The molecule has 1 aliphatic heterocycles. The molecule has 1 unspecified atom stereocenters. The number of carbonyl (C=O) groups is 1. The zero-order valence-corrected chi connectivity index (χ0v) is 17.7. The topological polar surface area (TPSA) is 41.9 Å². The summed E-state index contributed by atoms with van der Waals surface area (Å²) in [6.45, 7) is 0.967. The molecule has 6 heteroatoms. The van der Waals surface area contributed by atoms with Crippen LogP contribution in [0.5, 0.6) is 0 Å². The van der Waals surface area contributed by atoms with E-state index in [1.54, 1.807) is 0 Å². The molecule has 0 aromatic heterocycles. The molecule has 0 radical (unpaired) electrons.